The number of piperidine rings is 1. The summed E-state index contributed by atoms with van der Waals surface area (Å²) in [5, 5.41) is 7.99. The Kier molecular flexibility index (Phi) is 6.15. The minimum Gasteiger partial charge on any atom is -0.500 e. The Balaban J connectivity index is 1.78. The first-order valence-electron chi connectivity index (χ1n) is 9.64. The van der Waals surface area contributed by atoms with Crippen molar-refractivity contribution in [2.24, 2.45) is 5.92 Å². The van der Waals surface area contributed by atoms with Gasteiger partial charge in [0.05, 0.1) is 31.1 Å². The third-order valence-corrected chi connectivity index (χ3v) is 5.10. The molecule has 0 spiro atoms. The lowest BCUT2D eigenvalue weighted by Gasteiger charge is -2.30. The molecular formula is C19H30N6O2. The van der Waals surface area contributed by atoms with E-state index in [2.05, 4.69) is 33.9 Å². The van der Waals surface area contributed by atoms with Crippen LogP contribution in [-0.2, 0) is 11.2 Å². The summed E-state index contributed by atoms with van der Waals surface area (Å²) in [6.07, 6.45) is 6.77. The number of ether oxygens (including phenoxy) is 2. The summed E-state index contributed by atoms with van der Waals surface area (Å²) in [4.78, 5) is 8.66. The number of nitrogens with zero attached hydrogens (tertiary/aromatic N) is 4. The highest BCUT2D eigenvalue weighted by Gasteiger charge is 2.25. The highest BCUT2D eigenvalue weighted by molar-refractivity contribution is 5.59. The molecule has 0 bridgehead atoms. The lowest BCUT2D eigenvalue weighted by atomic mass is 9.88. The predicted octanol–water partition coefficient (Wildman–Crippen LogP) is 2.34. The molecule has 2 unspecified atom stereocenters. The van der Waals surface area contributed by atoms with Gasteiger partial charge >= 0.3 is 6.01 Å². The van der Waals surface area contributed by atoms with Crippen LogP contribution in [0.2, 0.25) is 0 Å². The van der Waals surface area contributed by atoms with E-state index in [0.29, 0.717) is 23.4 Å². The van der Waals surface area contributed by atoms with Crippen LogP contribution in [0.3, 0.4) is 0 Å². The molecule has 0 saturated carbocycles. The summed E-state index contributed by atoms with van der Waals surface area (Å²) in [7, 11) is 1.67. The van der Waals surface area contributed by atoms with Crippen LogP contribution in [0.15, 0.2) is 18.5 Å². The number of methoxy groups -OCH3 is 1. The SMILES string of the molecule is C=C(OC)C1CC(Cc2cnc3c(N)nc(O[C@@H](C)CCC)nn23)CCN1. The molecule has 27 heavy (non-hydrogen) atoms. The number of fused-ring (bicyclic) bond motifs is 1. The Bertz CT molecular complexity index is 790. The van der Waals surface area contributed by atoms with Crippen molar-refractivity contribution in [2.75, 3.05) is 19.4 Å². The van der Waals surface area contributed by atoms with Crippen LogP contribution in [0.4, 0.5) is 5.82 Å². The molecule has 1 fully saturated rings. The zero-order valence-corrected chi connectivity index (χ0v) is 16.4. The highest BCUT2D eigenvalue weighted by Crippen LogP contribution is 2.25. The summed E-state index contributed by atoms with van der Waals surface area (Å²) < 4.78 is 12.9. The summed E-state index contributed by atoms with van der Waals surface area (Å²) in [5.41, 5.74) is 7.67. The van der Waals surface area contributed by atoms with Gasteiger partial charge < -0.3 is 20.5 Å². The summed E-state index contributed by atoms with van der Waals surface area (Å²) >= 11 is 0. The molecule has 8 nitrogen and oxygen atoms in total. The van der Waals surface area contributed by atoms with E-state index in [1.807, 2.05) is 13.1 Å². The summed E-state index contributed by atoms with van der Waals surface area (Å²) in [5.74, 6) is 1.61. The van der Waals surface area contributed by atoms with Gasteiger partial charge in [0.1, 0.15) is 5.76 Å². The first-order valence-corrected chi connectivity index (χ1v) is 9.64. The topological polar surface area (TPSA) is 99.6 Å². The van der Waals surface area contributed by atoms with Crippen molar-refractivity contribution >= 4 is 11.5 Å². The lowest BCUT2D eigenvalue weighted by molar-refractivity contribution is 0.189. The molecule has 3 rings (SSSR count). The first kappa shape index (κ1) is 19.4. The average Bonchev–Trinajstić information content (AvgIpc) is 3.04. The predicted molar refractivity (Wildman–Crippen MR) is 105 cm³/mol. The minimum atomic E-state index is 0.0454. The molecule has 2 aromatic heterocycles. The number of nitrogens with one attached hydrogen (secondary N) is 1. The minimum absolute atomic E-state index is 0.0454. The van der Waals surface area contributed by atoms with Gasteiger partial charge in [0, 0.05) is 0 Å². The number of hydrogen-bond donors (Lipinski definition) is 2. The third-order valence-electron chi connectivity index (χ3n) is 5.10. The van der Waals surface area contributed by atoms with Gasteiger partial charge in [-0.2, -0.15) is 4.98 Å². The Morgan fingerprint density at radius 3 is 3.07 bits per heavy atom. The van der Waals surface area contributed by atoms with Crippen molar-refractivity contribution in [2.45, 2.75) is 58.1 Å². The van der Waals surface area contributed by atoms with Gasteiger partial charge in [-0.25, -0.2) is 9.50 Å². The van der Waals surface area contributed by atoms with E-state index in [1.165, 1.54) is 0 Å². The number of imidazole rings is 1. The fourth-order valence-corrected chi connectivity index (χ4v) is 3.63. The molecule has 0 aliphatic carbocycles. The molecule has 0 amide bonds. The molecule has 3 N–H and O–H groups in total. The highest BCUT2D eigenvalue weighted by atomic mass is 16.5. The second-order valence-corrected chi connectivity index (χ2v) is 7.25. The molecule has 0 aromatic carbocycles. The number of aromatic nitrogens is 4. The number of rotatable bonds is 8. The van der Waals surface area contributed by atoms with Crippen molar-refractivity contribution in [3.63, 3.8) is 0 Å². The zero-order valence-electron chi connectivity index (χ0n) is 16.4. The molecule has 148 valence electrons. The maximum Gasteiger partial charge on any atom is 0.336 e. The van der Waals surface area contributed by atoms with Crippen LogP contribution in [0.1, 0.15) is 45.2 Å². The zero-order chi connectivity index (χ0) is 19.4. The van der Waals surface area contributed by atoms with Gasteiger partial charge in [-0.05, 0) is 45.1 Å². The van der Waals surface area contributed by atoms with Crippen LogP contribution >= 0.6 is 0 Å². The number of nitrogen functional groups attached to an aromatic ring is 1. The van der Waals surface area contributed by atoms with E-state index in [4.69, 9.17) is 15.2 Å². The number of anilines is 1. The second-order valence-electron chi connectivity index (χ2n) is 7.25. The summed E-state index contributed by atoms with van der Waals surface area (Å²) in [6, 6.07) is 0.484. The fourth-order valence-electron chi connectivity index (χ4n) is 3.63. The molecular weight excluding hydrogens is 344 g/mol. The van der Waals surface area contributed by atoms with Crippen molar-refractivity contribution < 1.29 is 9.47 Å². The molecule has 1 aliphatic heterocycles. The van der Waals surface area contributed by atoms with Gasteiger partial charge in [0.2, 0.25) is 0 Å². The second kappa shape index (κ2) is 8.56. The third kappa shape index (κ3) is 4.50. The van der Waals surface area contributed by atoms with E-state index < -0.39 is 0 Å². The Hall–Kier alpha value is -2.35. The first-order chi connectivity index (χ1) is 13.0. The largest absolute Gasteiger partial charge is 0.500 e. The Morgan fingerprint density at radius 1 is 1.52 bits per heavy atom. The molecule has 8 heteroatoms. The van der Waals surface area contributed by atoms with E-state index in [9.17, 15) is 0 Å². The normalized spacial score (nSPS) is 21.1. The summed E-state index contributed by atoms with van der Waals surface area (Å²) in [6.45, 7) is 9.06. The number of hydrogen-bond acceptors (Lipinski definition) is 7. The van der Waals surface area contributed by atoms with Gasteiger partial charge in [0.25, 0.3) is 0 Å². The van der Waals surface area contributed by atoms with Crippen molar-refractivity contribution in [1.29, 1.82) is 0 Å². The molecule has 3 heterocycles. The monoisotopic (exact) mass is 374 g/mol. The van der Waals surface area contributed by atoms with Crippen molar-refractivity contribution in [3.05, 3.63) is 24.2 Å². The number of nitrogens with two attached hydrogens (primary N) is 1. The van der Waals surface area contributed by atoms with Crippen LogP contribution in [0.5, 0.6) is 6.01 Å². The molecule has 3 atom stereocenters. The van der Waals surface area contributed by atoms with E-state index in [1.54, 1.807) is 11.6 Å². The maximum absolute atomic E-state index is 6.08. The fraction of sp³-hybridized carbons (Fsp3) is 0.632. The van der Waals surface area contributed by atoms with E-state index in [0.717, 1.165) is 50.1 Å². The van der Waals surface area contributed by atoms with Gasteiger partial charge in [-0.3, -0.25) is 0 Å². The Morgan fingerprint density at radius 2 is 2.33 bits per heavy atom. The Labute approximate surface area is 160 Å². The van der Waals surface area contributed by atoms with Crippen LogP contribution in [-0.4, -0.2) is 45.4 Å². The quantitative estimate of drug-likeness (QED) is 0.684. The lowest BCUT2D eigenvalue weighted by Crippen LogP contribution is -2.40. The van der Waals surface area contributed by atoms with E-state index >= 15 is 0 Å². The van der Waals surface area contributed by atoms with Crippen molar-refractivity contribution in [1.82, 2.24) is 24.9 Å². The van der Waals surface area contributed by atoms with Crippen molar-refractivity contribution in [3.8, 4) is 6.01 Å². The van der Waals surface area contributed by atoms with Crippen LogP contribution < -0.4 is 15.8 Å². The van der Waals surface area contributed by atoms with Crippen LogP contribution in [0.25, 0.3) is 5.65 Å². The molecule has 1 saturated heterocycles. The average molecular weight is 374 g/mol. The van der Waals surface area contributed by atoms with Gasteiger partial charge in [-0.1, -0.05) is 19.9 Å². The standard InChI is InChI=1S/C19H30N6O2/c1-5-6-12(2)27-19-23-17(20)18-22-11-15(25(18)24-19)9-14-7-8-21-16(10-14)13(3)26-4/h11-12,14,16,21H,3,5-10H2,1-2,4H3,(H2,20,23,24)/t12-,14?,16?/m0/s1. The smallest absolute Gasteiger partial charge is 0.336 e. The van der Waals surface area contributed by atoms with Gasteiger partial charge in [0.15, 0.2) is 11.5 Å². The van der Waals surface area contributed by atoms with Crippen LogP contribution in [0, 0.1) is 5.92 Å². The molecule has 1 aliphatic rings. The molecule has 2 aromatic rings. The maximum atomic E-state index is 6.08. The molecule has 0 radical (unpaired) electrons. The van der Waals surface area contributed by atoms with E-state index in [-0.39, 0.29) is 12.1 Å². The van der Waals surface area contributed by atoms with Gasteiger partial charge in [-0.15, -0.1) is 5.10 Å².